The number of thioether (sulfide) groups is 1. The monoisotopic (exact) mass is 468 g/mol. The van der Waals surface area contributed by atoms with Gasteiger partial charge < -0.3 is 10.1 Å². The molecule has 0 saturated carbocycles. The predicted molar refractivity (Wildman–Crippen MR) is 126 cm³/mol. The van der Waals surface area contributed by atoms with Crippen LogP contribution >= 0.6 is 23.4 Å². The van der Waals surface area contributed by atoms with Gasteiger partial charge in [0.25, 0.3) is 0 Å². The third kappa shape index (κ3) is 4.63. The number of carbonyl (C=O) groups excluding carboxylic acids is 1. The highest BCUT2D eigenvalue weighted by atomic mass is 35.5. The van der Waals surface area contributed by atoms with Crippen LogP contribution in [0.5, 0.6) is 5.75 Å². The topological polar surface area (TPSA) is 109 Å². The van der Waals surface area contributed by atoms with Crippen LogP contribution in [0.1, 0.15) is 12.6 Å². The van der Waals surface area contributed by atoms with Crippen LogP contribution in [0, 0.1) is 12.3 Å². The molecule has 0 fully saturated rings. The van der Waals surface area contributed by atoms with Crippen molar-refractivity contribution in [2.75, 3.05) is 17.7 Å². The van der Waals surface area contributed by atoms with Crippen molar-refractivity contribution in [1.29, 1.82) is 5.41 Å². The SMILES string of the molecule is CCOc1ccc(-n2c(SCC(=O)Nc3cccc(Cl)c3)nc3n[nH]c(C)c3c2=N)cc1. The van der Waals surface area contributed by atoms with E-state index in [0.29, 0.717) is 33.5 Å². The molecule has 0 aliphatic rings. The largest absolute Gasteiger partial charge is 0.494 e. The quantitative estimate of drug-likeness (QED) is 0.276. The maximum atomic E-state index is 12.5. The lowest BCUT2D eigenvalue weighted by Crippen LogP contribution is -2.23. The summed E-state index contributed by atoms with van der Waals surface area (Å²) in [6, 6.07) is 14.4. The smallest absolute Gasteiger partial charge is 0.234 e. The first-order valence-corrected chi connectivity index (χ1v) is 11.3. The molecule has 32 heavy (non-hydrogen) atoms. The van der Waals surface area contributed by atoms with Gasteiger partial charge in [0.2, 0.25) is 5.91 Å². The Balaban J connectivity index is 1.66. The van der Waals surface area contributed by atoms with E-state index in [2.05, 4.69) is 20.5 Å². The summed E-state index contributed by atoms with van der Waals surface area (Å²) in [7, 11) is 0. The summed E-state index contributed by atoms with van der Waals surface area (Å²) in [6.45, 7) is 4.34. The van der Waals surface area contributed by atoms with Crippen molar-refractivity contribution in [1.82, 2.24) is 19.7 Å². The van der Waals surface area contributed by atoms with Gasteiger partial charge >= 0.3 is 0 Å². The van der Waals surface area contributed by atoms with E-state index in [1.165, 1.54) is 11.8 Å². The minimum Gasteiger partial charge on any atom is -0.494 e. The first-order chi connectivity index (χ1) is 15.5. The van der Waals surface area contributed by atoms with Gasteiger partial charge in [-0.05, 0) is 56.3 Å². The molecule has 8 nitrogen and oxygen atoms in total. The van der Waals surface area contributed by atoms with E-state index >= 15 is 0 Å². The second-order valence-electron chi connectivity index (χ2n) is 6.90. The molecule has 1 amide bonds. The third-order valence-corrected chi connectivity index (χ3v) is 5.80. The van der Waals surface area contributed by atoms with Gasteiger partial charge in [-0.25, -0.2) is 4.98 Å². The molecule has 0 spiro atoms. The second-order valence-corrected chi connectivity index (χ2v) is 8.28. The number of aryl methyl sites for hydroxylation is 1. The lowest BCUT2D eigenvalue weighted by Gasteiger charge is -2.14. The standard InChI is InChI=1S/C22H21ClN6O2S/c1-3-31-17-9-7-16(8-10-17)29-20(24)19-13(2)27-28-21(19)26-22(29)32-12-18(30)25-15-6-4-5-14(23)11-15/h4-11,24H,3,12H2,1-2H3,(H,25,30)(H,27,28). The van der Waals surface area contributed by atoms with E-state index in [9.17, 15) is 4.79 Å². The molecule has 2 aromatic carbocycles. The van der Waals surface area contributed by atoms with Crippen LogP contribution in [0.4, 0.5) is 5.69 Å². The molecule has 164 valence electrons. The molecule has 0 bridgehead atoms. The molecular formula is C22H21ClN6O2S. The zero-order valence-electron chi connectivity index (χ0n) is 17.5. The summed E-state index contributed by atoms with van der Waals surface area (Å²) in [5.74, 6) is 0.638. The number of hydrogen-bond donors (Lipinski definition) is 3. The van der Waals surface area contributed by atoms with E-state index in [4.69, 9.17) is 21.7 Å². The number of nitrogens with zero attached hydrogens (tertiary/aromatic N) is 3. The Hall–Kier alpha value is -3.30. The van der Waals surface area contributed by atoms with Crippen LogP contribution in [-0.4, -0.2) is 38.0 Å². The van der Waals surface area contributed by atoms with Gasteiger partial charge in [0.1, 0.15) is 11.2 Å². The number of aromatic amines is 1. The van der Waals surface area contributed by atoms with Crippen LogP contribution in [0.15, 0.2) is 53.7 Å². The fourth-order valence-electron chi connectivity index (χ4n) is 3.22. The molecule has 0 aliphatic carbocycles. The van der Waals surface area contributed by atoms with Crippen molar-refractivity contribution in [2.45, 2.75) is 19.0 Å². The van der Waals surface area contributed by atoms with Crippen molar-refractivity contribution in [3.8, 4) is 11.4 Å². The van der Waals surface area contributed by atoms with Gasteiger partial charge in [0.15, 0.2) is 10.8 Å². The van der Waals surface area contributed by atoms with Crippen LogP contribution in [0.3, 0.4) is 0 Å². The normalized spacial score (nSPS) is 11.0. The number of anilines is 1. The average molecular weight is 469 g/mol. The Morgan fingerprint density at radius 1 is 1.28 bits per heavy atom. The number of hydrogen-bond acceptors (Lipinski definition) is 6. The van der Waals surface area contributed by atoms with Crippen molar-refractivity contribution in [3.05, 3.63) is 64.7 Å². The summed E-state index contributed by atoms with van der Waals surface area (Å²) in [5.41, 5.74) is 2.80. The van der Waals surface area contributed by atoms with Crippen LogP contribution in [0.25, 0.3) is 16.7 Å². The van der Waals surface area contributed by atoms with Gasteiger partial charge in [-0.15, -0.1) is 0 Å². The fourth-order valence-corrected chi connectivity index (χ4v) is 4.22. The summed E-state index contributed by atoms with van der Waals surface area (Å²) < 4.78 is 7.23. The Kier molecular flexibility index (Phi) is 6.48. The Morgan fingerprint density at radius 2 is 2.06 bits per heavy atom. The first-order valence-electron chi connectivity index (χ1n) is 9.90. The molecule has 2 aromatic heterocycles. The number of amides is 1. The first kappa shape index (κ1) is 21.9. The number of ether oxygens (including phenoxy) is 1. The summed E-state index contributed by atoms with van der Waals surface area (Å²) >= 11 is 7.21. The summed E-state index contributed by atoms with van der Waals surface area (Å²) in [4.78, 5) is 17.1. The van der Waals surface area contributed by atoms with Crippen molar-refractivity contribution >= 4 is 46.0 Å². The highest BCUT2D eigenvalue weighted by Gasteiger charge is 2.16. The number of carbonyl (C=O) groups is 1. The maximum Gasteiger partial charge on any atom is 0.234 e. The zero-order chi connectivity index (χ0) is 22.7. The summed E-state index contributed by atoms with van der Waals surface area (Å²) in [6.07, 6.45) is 0. The molecule has 2 heterocycles. The second kappa shape index (κ2) is 9.46. The van der Waals surface area contributed by atoms with Crippen LogP contribution in [-0.2, 0) is 4.79 Å². The molecule has 0 atom stereocenters. The molecule has 4 aromatic rings. The van der Waals surface area contributed by atoms with Crippen LogP contribution < -0.4 is 15.5 Å². The van der Waals surface area contributed by atoms with Gasteiger partial charge in [-0.2, -0.15) is 5.10 Å². The predicted octanol–water partition coefficient (Wildman–Crippen LogP) is 4.32. The molecule has 10 heteroatoms. The summed E-state index contributed by atoms with van der Waals surface area (Å²) in [5, 5.41) is 20.4. The number of benzene rings is 2. The maximum absolute atomic E-state index is 12.5. The molecule has 0 aliphatic heterocycles. The van der Waals surface area contributed by atoms with E-state index in [-0.39, 0.29) is 17.1 Å². The molecule has 0 unspecified atom stereocenters. The molecule has 4 rings (SSSR count). The van der Waals surface area contributed by atoms with E-state index < -0.39 is 0 Å². The van der Waals surface area contributed by atoms with E-state index in [0.717, 1.165) is 17.1 Å². The zero-order valence-corrected chi connectivity index (χ0v) is 19.0. The number of fused-ring (bicyclic) bond motifs is 1. The van der Waals surface area contributed by atoms with Crippen molar-refractivity contribution in [3.63, 3.8) is 0 Å². The van der Waals surface area contributed by atoms with Crippen molar-refractivity contribution < 1.29 is 9.53 Å². The molecule has 0 radical (unpaired) electrons. The van der Waals surface area contributed by atoms with Crippen molar-refractivity contribution in [2.24, 2.45) is 0 Å². The van der Waals surface area contributed by atoms with E-state index in [1.54, 1.807) is 28.8 Å². The molecule has 3 N–H and O–H groups in total. The highest BCUT2D eigenvalue weighted by Crippen LogP contribution is 2.23. The number of halogens is 1. The number of H-pyrrole nitrogens is 1. The fraction of sp³-hybridized carbons (Fsp3) is 0.182. The van der Waals surface area contributed by atoms with Gasteiger partial charge in [0, 0.05) is 22.1 Å². The molecular weight excluding hydrogens is 448 g/mol. The third-order valence-electron chi connectivity index (χ3n) is 4.63. The number of nitrogens with one attached hydrogen (secondary N) is 3. The van der Waals surface area contributed by atoms with E-state index in [1.807, 2.05) is 38.1 Å². The minimum absolute atomic E-state index is 0.102. The Labute approximate surface area is 193 Å². The number of rotatable bonds is 7. The molecule has 0 saturated heterocycles. The Morgan fingerprint density at radius 3 is 2.78 bits per heavy atom. The lowest BCUT2D eigenvalue weighted by molar-refractivity contribution is -0.113. The average Bonchev–Trinajstić information content (AvgIpc) is 3.14. The van der Waals surface area contributed by atoms with Gasteiger partial charge in [-0.1, -0.05) is 29.4 Å². The highest BCUT2D eigenvalue weighted by molar-refractivity contribution is 7.99. The number of aromatic nitrogens is 4. The van der Waals surface area contributed by atoms with Crippen LogP contribution in [0.2, 0.25) is 5.02 Å². The van der Waals surface area contributed by atoms with Gasteiger partial charge in [-0.3, -0.25) is 19.9 Å². The minimum atomic E-state index is -0.206. The van der Waals surface area contributed by atoms with Gasteiger partial charge in [0.05, 0.1) is 17.7 Å². The lowest BCUT2D eigenvalue weighted by atomic mass is 10.2. The Bertz CT molecular complexity index is 1330.